The monoisotopic (exact) mass is 329 g/mol. The molecule has 0 aliphatic carbocycles. The lowest BCUT2D eigenvalue weighted by Gasteiger charge is -2.40. The van der Waals surface area contributed by atoms with Crippen molar-refractivity contribution in [3.05, 3.63) is 42.2 Å². The summed E-state index contributed by atoms with van der Waals surface area (Å²) in [6.45, 7) is 5.21. The lowest BCUT2D eigenvalue weighted by molar-refractivity contribution is 0.213. The minimum atomic E-state index is -0.375. The van der Waals surface area contributed by atoms with Crippen molar-refractivity contribution in [2.75, 3.05) is 31.1 Å². The average Bonchev–Trinajstić information content (AvgIpc) is 3.16. The van der Waals surface area contributed by atoms with Crippen molar-refractivity contribution in [2.45, 2.75) is 25.8 Å². The summed E-state index contributed by atoms with van der Waals surface area (Å²) in [7, 11) is 2.11. The van der Waals surface area contributed by atoms with Gasteiger partial charge < -0.3 is 9.47 Å². The van der Waals surface area contributed by atoms with Crippen molar-refractivity contribution in [1.29, 1.82) is 0 Å². The van der Waals surface area contributed by atoms with Gasteiger partial charge in [0.15, 0.2) is 5.82 Å². The molecule has 1 atom stereocenters. The summed E-state index contributed by atoms with van der Waals surface area (Å²) in [5, 5.41) is 0. The highest BCUT2D eigenvalue weighted by atomic mass is 19.1. The molecule has 1 unspecified atom stereocenters. The van der Waals surface area contributed by atoms with E-state index in [-0.39, 0.29) is 5.82 Å². The van der Waals surface area contributed by atoms with E-state index in [0.717, 1.165) is 39.1 Å². The molecule has 2 aliphatic heterocycles. The fourth-order valence-electron chi connectivity index (χ4n) is 4.23. The van der Waals surface area contributed by atoms with Gasteiger partial charge in [-0.05, 0) is 37.9 Å². The van der Waals surface area contributed by atoms with Gasteiger partial charge in [0.25, 0.3) is 0 Å². The van der Waals surface area contributed by atoms with Crippen LogP contribution in [0.25, 0.3) is 0 Å². The maximum absolute atomic E-state index is 13.1. The van der Waals surface area contributed by atoms with Gasteiger partial charge in [-0.1, -0.05) is 0 Å². The SMILES string of the molecule is Cn1cccc1CN1CCC2(CCCN(c3ncc(F)cn3)C2)C1. The molecule has 2 fully saturated rings. The Hall–Kier alpha value is -1.95. The van der Waals surface area contributed by atoms with Crippen LogP contribution in [0.15, 0.2) is 30.7 Å². The van der Waals surface area contributed by atoms with E-state index < -0.39 is 0 Å². The van der Waals surface area contributed by atoms with E-state index in [9.17, 15) is 4.39 Å². The molecular weight excluding hydrogens is 305 g/mol. The summed E-state index contributed by atoms with van der Waals surface area (Å²) in [4.78, 5) is 13.1. The molecule has 4 heterocycles. The second kappa shape index (κ2) is 6.16. The Bertz CT molecular complexity index is 698. The molecule has 0 N–H and O–H groups in total. The number of piperidine rings is 1. The highest BCUT2D eigenvalue weighted by molar-refractivity contribution is 5.30. The first-order chi connectivity index (χ1) is 11.6. The predicted molar refractivity (Wildman–Crippen MR) is 91.2 cm³/mol. The molecule has 2 aromatic heterocycles. The van der Waals surface area contributed by atoms with Crippen LogP contribution in [-0.2, 0) is 13.6 Å². The highest BCUT2D eigenvalue weighted by Gasteiger charge is 2.41. The third-order valence-electron chi connectivity index (χ3n) is 5.51. The summed E-state index contributed by atoms with van der Waals surface area (Å²) in [5.41, 5.74) is 1.68. The van der Waals surface area contributed by atoms with Crippen molar-refractivity contribution in [3.8, 4) is 0 Å². The number of aryl methyl sites for hydroxylation is 1. The second-order valence-electron chi connectivity index (χ2n) is 7.30. The van der Waals surface area contributed by atoms with E-state index >= 15 is 0 Å². The Morgan fingerprint density at radius 3 is 2.75 bits per heavy atom. The summed E-state index contributed by atoms with van der Waals surface area (Å²) < 4.78 is 15.3. The molecule has 2 aliphatic rings. The Morgan fingerprint density at radius 1 is 1.17 bits per heavy atom. The zero-order valence-corrected chi connectivity index (χ0v) is 14.2. The zero-order chi connectivity index (χ0) is 16.6. The molecule has 0 amide bonds. The van der Waals surface area contributed by atoms with Gasteiger partial charge >= 0.3 is 0 Å². The molecule has 0 radical (unpaired) electrons. The van der Waals surface area contributed by atoms with E-state index in [4.69, 9.17) is 0 Å². The van der Waals surface area contributed by atoms with Crippen LogP contribution in [0.3, 0.4) is 0 Å². The topological polar surface area (TPSA) is 37.2 Å². The van der Waals surface area contributed by atoms with Crippen LogP contribution in [0.1, 0.15) is 25.0 Å². The maximum Gasteiger partial charge on any atom is 0.225 e. The molecule has 2 saturated heterocycles. The van der Waals surface area contributed by atoms with Gasteiger partial charge in [-0.15, -0.1) is 0 Å². The Morgan fingerprint density at radius 2 is 2.00 bits per heavy atom. The zero-order valence-electron chi connectivity index (χ0n) is 14.2. The lowest BCUT2D eigenvalue weighted by atomic mass is 9.79. The van der Waals surface area contributed by atoms with Gasteiger partial charge in [-0.2, -0.15) is 0 Å². The number of nitrogens with zero attached hydrogens (tertiary/aromatic N) is 5. The fraction of sp³-hybridized carbons (Fsp3) is 0.556. The van der Waals surface area contributed by atoms with Crippen molar-refractivity contribution < 1.29 is 4.39 Å². The summed E-state index contributed by atoms with van der Waals surface area (Å²) in [6.07, 6.45) is 8.26. The molecule has 6 heteroatoms. The van der Waals surface area contributed by atoms with E-state index in [1.54, 1.807) is 0 Å². The van der Waals surface area contributed by atoms with Crippen LogP contribution in [0.4, 0.5) is 10.3 Å². The molecule has 128 valence electrons. The van der Waals surface area contributed by atoms with Crippen LogP contribution < -0.4 is 4.90 Å². The number of likely N-dealkylation sites (tertiary alicyclic amines) is 1. The van der Waals surface area contributed by atoms with Crippen molar-refractivity contribution in [2.24, 2.45) is 12.5 Å². The van der Waals surface area contributed by atoms with Crippen LogP contribution in [-0.4, -0.2) is 45.6 Å². The van der Waals surface area contributed by atoms with E-state index in [2.05, 4.69) is 49.7 Å². The maximum atomic E-state index is 13.1. The van der Waals surface area contributed by atoms with Gasteiger partial charge in [0.1, 0.15) is 0 Å². The summed E-state index contributed by atoms with van der Waals surface area (Å²) >= 11 is 0. The molecule has 0 aromatic carbocycles. The number of hydrogen-bond donors (Lipinski definition) is 0. The van der Waals surface area contributed by atoms with Gasteiger partial charge in [0.2, 0.25) is 5.95 Å². The first kappa shape index (κ1) is 15.6. The standard InChI is InChI=1S/C18H24FN5/c1-22-7-2-4-16(22)12-23-9-6-18(13-23)5-3-8-24(14-18)17-20-10-15(19)11-21-17/h2,4,7,10-11H,3,5-6,8-9,12-14H2,1H3. The molecule has 4 rings (SSSR count). The van der Waals surface area contributed by atoms with Crippen LogP contribution in [0.2, 0.25) is 0 Å². The normalized spacial score (nSPS) is 24.8. The van der Waals surface area contributed by atoms with Gasteiger partial charge in [0, 0.05) is 50.5 Å². The fourth-order valence-corrected chi connectivity index (χ4v) is 4.23. The third-order valence-corrected chi connectivity index (χ3v) is 5.51. The van der Waals surface area contributed by atoms with Gasteiger partial charge in [-0.25, -0.2) is 14.4 Å². The molecule has 1 spiro atoms. The molecule has 5 nitrogen and oxygen atoms in total. The Balaban J connectivity index is 1.44. The van der Waals surface area contributed by atoms with Crippen LogP contribution in [0, 0.1) is 11.2 Å². The first-order valence-corrected chi connectivity index (χ1v) is 8.69. The molecule has 24 heavy (non-hydrogen) atoms. The second-order valence-corrected chi connectivity index (χ2v) is 7.30. The molecule has 0 saturated carbocycles. The van der Waals surface area contributed by atoms with Crippen molar-refractivity contribution in [3.63, 3.8) is 0 Å². The first-order valence-electron chi connectivity index (χ1n) is 8.69. The number of rotatable bonds is 3. The Kier molecular flexibility index (Phi) is 4.00. The average molecular weight is 329 g/mol. The quantitative estimate of drug-likeness (QED) is 0.867. The van der Waals surface area contributed by atoms with Gasteiger partial charge in [-0.3, -0.25) is 4.90 Å². The largest absolute Gasteiger partial charge is 0.353 e. The van der Waals surface area contributed by atoms with Gasteiger partial charge in [0.05, 0.1) is 12.4 Å². The van der Waals surface area contributed by atoms with Crippen LogP contribution in [0.5, 0.6) is 0 Å². The summed E-state index contributed by atoms with van der Waals surface area (Å²) in [6, 6.07) is 4.31. The van der Waals surface area contributed by atoms with E-state index in [1.165, 1.54) is 30.9 Å². The van der Waals surface area contributed by atoms with E-state index in [0.29, 0.717) is 11.4 Å². The lowest BCUT2D eigenvalue weighted by Crippen LogP contribution is -2.45. The molecule has 0 bridgehead atoms. The number of aromatic nitrogens is 3. The smallest absolute Gasteiger partial charge is 0.225 e. The van der Waals surface area contributed by atoms with Crippen molar-refractivity contribution >= 4 is 5.95 Å². The predicted octanol–water partition coefficient (Wildman–Crippen LogP) is 2.45. The molecular formula is C18H24FN5. The van der Waals surface area contributed by atoms with E-state index in [1.807, 2.05) is 0 Å². The highest BCUT2D eigenvalue weighted by Crippen LogP contribution is 2.40. The minimum absolute atomic E-state index is 0.321. The molecule has 2 aromatic rings. The van der Waals surface area contributed by atoms with Crippen molar-refractivity contribution in [1.82, 2.24) is 19.4 Å². The third kappa shape index (κ3) is 3.02. The number of hydrogen-bond acceptors (Lipinski definition) is 4. The van der Waals surface area contributed by atoms with Crippen LogP contribution >= 0.6 is 0 Å². The number of anilines is 1. The summed E-state index contributed by atoms with van der Waals surface area (Å²) in [5.74, 6) is 0.288. The Labute approximate surface area is 142 Å². The minimum Gasteiger partial charge on any atom is -0.353 e. The number of halogens is 1.